The molecule has 0 radical (unpaired) electrons. The maximum absolute atomic E-state index is 12.1. The largest absolute Gasteiger partial charge is 0.396 e. The summed E-state index contributed by atoms with van der Waals surface area (Å²) in [4.78, 5) is 23.8. The van der Waals surface area contributed by atoms with Crippen LogP contribution in [0.2, 0.25) is 0 Å². The number of ketones is 2. The fourth-order valence-electron chi connectivity index (χ4n) is 3.48. The summed E-state index contributed by atoms with van der Waals surface area (Å²) in [6.45, 7) is 3.62. The van der Waals surface area contributed by atoms with Crippen molar-refractivity contribution in [3.63, 3.8) is 0 Å². The quantitative estimate of drug-likeness (QED) is 0.415. The van der Waals surface area contributed by atoms with Crippen molar-refractivity contribution >= 4 is 11.6 Å². The molecule has 25 heavy (non-hydrogen) atoms. The summed E-state index contributed by atoms with van der Waals surface area (Å²) in [5.41, 5.74) is -1.27. The number of carbonyl (C=O) groups excluding carboxylic acids is 2. The van der Waals surface area contributed by atoms with Gasteiger partial charge in [-0.05, 0) is 51.4 Å². The van der Waals surface area contributed by atoms with Gasteiger partial charge in [0.2, 0.25) is 0 Å². The molecule has 2 N–H and O–H groups in total. The molecule has 0 heterocycles. The number of hydrogen-bond acceptors (Lipinski definition) is 4. The van der Waals surface area contributed by atoms with Crippen LogP contribution >= 0.6 is 0 Å². The van der Waals surface area contributed by atoms with Crippen LogP contribution in [0.1, 0.15) is 71.6 Å². The van der Waals surface area contributed by atoms with Gasteiger partial charge in [-0.2, -0.15) is 0 Å². The van der Waals surface area contributed by atoms with Gasteiger partial charge in [-0.1, -0.05) is 37.6 Å². The molecule has 1 unspecified atom stereocenters. The van der Waals surface area contributed by atoms with Crippen molar-refractivity contribution in [2.75, 3.05) is 6.61 Å². The maximum atomic E-state index is 12.1. The summed E-state index contributed by atoms with van der Waals surface area (Å²) in [5.74, 6) is 0.336. The van der Waals surface area contributed by atoms with Gasteiger partial charge in [-0.15, -0.1) is 0 Å². The Morgan fingerprint density at radius 1 is 1.28 bits per heavy atom. The topological polar surface area (TPSA) is 74.6 Å². The Balaban J connectivity index is 2.55. The third kappa shape index (κ3) is 7.25. The van der Waals surface area contributed by atoms with Crippen LogP contribution in [0.25, 0.3) is 0 Å². The second kappa shape index (κ2) is 11.4. The maximum Gasteiger partial charge on any atom is 0.161 e. The normalized spacial score (nSPS) is 23.6. The fourth-order valence-corrected chi connectivity index (χ4v) is 3.48. The fraction of sp³-hybridized carbons (Fsp3) is 0.714. The smallest absolute Gasteiger partial charge is 0.161 e. The molecule has 142 valence electrons. The lowest BCUT2D eigenvalue weighted by Crippen LogP contribution is -2.36. The van der Waals surface area contributed by atoms with Gasteiger partial charge in [0.05, 0.1) is 0 Å². The van der Waals surface area contributed by atoms with Crippen molar-refractivity contribution in [1.82, 2.24) is 0 Å². The number of unbranched alkanes of at least 4 members (excludes halogenated alkanes) is 2. The second-order valence-corrected chi connectivity index (χ2v) is 7.17. The molecule has 4 nitrogen and oxygen atoms in total. The monoisotopic (exact) mass is 350 g/mol. The summed E-state index contributed by atoms with van der Waals surface area (Å²) in [5, 5.41) is 19.2. The molecule has 1 fully saturated rings. The van der Waals surface area contributed by atoms with Crippen LogP contribution in [0.4, 0.5) is 0 Å². The molecule has 0 aromatic rings. The number of carbonyl (C=O) groups is 2. The van der Waals surface area contributed by atoms with Gasteiger partial charge in [-0.3, -0.25) is 9.59 Å². The minimum absolute atomic E-state index is 0.0157. The first-order valence-corrected chi connectivity index (χ1v) is 9.63. The first-order chi connectivity index (χ1) is 11.9. The SMILES string of the molecule is CCCC(O)(CC=C[C@H]1CCC(=O)[C@@H]1CC=CCCCCO)C(C)=O. The van der Waals surface area contributed by atoms with E-state index in [0.717, 1.165) is 38.5 Å². The molecule has 3 atom stereocenters. The molecule has 0 aromatic carbocycles. The number of hydrogen-bond donors (Lipinski definition) is 2. The highest BCUT2D eigenvalue weighted by Gasteiger charge is 2.33. The lowest BCUT2D eigenvalue weighted by atomic mass is 9.87. The summed E-state index contributed by atoms with van der Waals surface area (Å²) in [7, 11) is 0. The van der Waals surface area contributed by atoms with Crippen molar-refractivity contribution in [3.8, 4) is 0 Å². The minimum Gasteiger partial charge on any atom is -0.396 e. The Hall–Kier alpha value is -1.26. The van der Waals surface area contributed by atoms with E-state index in [1.165, 1.54) is 6.92 Å². The molecule has 4 heteroatoms. The molecule has 1 aliphatic carbocycles. The summed E-state index contributed by atoms with van der Waals surface area (Å²) < 4.78 is 0. The lowest BCUT2D eigenvalue weighted by molar-refractivity contribution is -0.135. The van der Waals surface area contributed by atoms with Crippen molar-refractivity contribution < 1.29 is 19.8 Å². The van der Waals surface area contributed by atoms with E-state index in [2.05, 4.69) is 12.2 Å². The third-order valence-corrected chi connectivity index (χ3v) is 5.15. The molecule has 0 saturated heterocycles. The van der Waals surface area contributed by atoms with Gasteiger partial charge in [0.25, 0.3) is 0 Å². The van der Waals surface area contributed by atoms with E-state index in [9.17, 15) is 14.7 Å². The van der Waals surface area contributed by atoms with Gasteiger partial charge in [0, 0.05) is 25.4 Å². The van der Waals surface area contributed by atoms with Crippen molar-refractivity contribution in [1.29, 1.82) is 0 Å². The zero-order chi connectivity index (χ0) is 18.7. The molecule has 0 aliphatic heterocycles. The second-order valence-electron chi connectivity index (χ2n) is 7.17. The van der Waals surface area contributed by atoms with Gasteiger partial charge in [-0.25, -0.2) is 0 Å². The van der Waals surface area contributed by atoms with E-state index >= 15 is 0 Å². The predicted molar refractivity (Wildman–Crippen MR) is 100 cm³/mol. The third-order valence-electron chi connectivity index (χ3n) is 5.15. The summed E-state index contributed by atoms with van der Waals surface area (Å²) >= 11 is 0. The lowest BCUT2D eigenvalue weighted by Gasteiger charge is -2.23. The zero-order valence-corrected chi connectivity index (χ0v) is 15.7. The molecule has 0 amide bonds. The number of rotatable bonds is 12. The molecule has 0 bridgehead atoms. The standard InChI is InChI=1S/C21H34O4/c1-3-14-21(25,17(2)23)15-9-10-18-12-13-20(24)19(18)11-7-5-4-6-8-16-22/h5,7,9-10,18-19,22,25H,3-4,6,8,11-16H2,1-2H3/t18-,19+,21?/m0/s1. The summed E-state index contributed by atoms with van der Waals surface area (Å²) in [6.07, 6.45) is 14.6. The van der Waals surface area contributed by atoms with Gasteiger partial charge < -0.3 is 10.2 Å². The van der Waals surface area contributed by atoms with Crippen molar-refractivity contribution in [2.45, 2.75) is 77.2 Å². The van der Waals surface area contributed by atoms with E-state index in [0.29, 0.717) is 25.0 Å². The van der Waals surface area contributed by atoms with Crippen LogP contribution < -0.4 is 0 Å². The van der Waals surface area contributed by atoms with Crippen LogP contribution in [-0.2, 0) is 9.59 Å². The van der Waals surface area contributed by atoms with Crippen LogP contribution in [0.15, 0.2) is 24.3 Å². The van der Waals surface area contributed by atoms with Crippen LogP contribution in [0.3, 0.4) is 0 Å². The Morgan fingerprint density at radius 3 is 2.68 bits per heavy atom. The average molecular weight is 350 g/mol. The molecule has 1 aliphatic rings. The van der Waals surface area contributed by atoms with E-state index in [-0.39, 0.29) is 24.2 Å². The number of Topliss-reactive ketones (excluding diaryl/α,β-unsaturated/α-hetero) is 2. The summed E-state index contributed by atoms with van der Waals surface area (Å²) in [6, 6.07) is 0. The molecule has 1 rings (SSSR count). The van der Waals surface area contributed by atoms with Gasteiger partial charge >= 0.3 is 0 Å². The van der Waals surface area contributed by atoms with E-state index in [1.54, 1.807) is 0 Å². The van der Waals surface area contributed by atoms with E-state index < -0.39 is 5.60 Å². The molecule has 0 spiro atoms. The van der Waals surface area contributed by atoms with Crippen molar-refractivity contribution in [2.24, 2.45) is 11.8 Å². The number of allylic oxidation sites excluding steroid dienone is 3. The predicted octanol–water partition coefficient (Wildman–Crippen LogP) is 3.76. The minimum atomic E-state index is -1.27. The van der Waals surface area contributed by atoms with Crippen LogP contribution in [0.5, 0.6) is 0 Å². The highest BCUT2D eigenvalue weighted by Crippen LogP contribution is 2.33. The molecule has 0 aromatic heterocycles. The Morgan fingerprint density at radius 2 is 2.04 bits per heavy atom. The first-order valence-electron chi connectivity index (χ1n) is 9.63. The van der Waals surface area contributed by atoms with Gasteiger partial charge in [0.1, 0.15) is 11.4 Å². The highest BCUT2D eigenvalue weighted by molar-refractivity contribution is 5.85. The van der Waals surface area contributed by atoms with E-state index in [4.69, 9.17) is 5.11 Å². The van der Waals surface area contributed by atoms with Gasteiger partial charge in [0.15, 0.2) is 5.78 Å². The number of aliphatic hydroxyl groups is 2. The highest BCUT2D eigenvalue weighted by atomic mass is 16.3. The molecular weight excluding hydrogens is 316 g/mol. The Labute approximate surface area is 152 Å². The Bertz CT molecular complexity index is 480. The molecule has 1 saturated carbocycles. The first kappa shape index (κ1) is 21.8. The van der Waals surface area contributed by atoms with Crippen molar-refractivity contribution in [3.05, 3.63) is 24.3 Å². The number of aliphatic hydroxyl groups excluding tert-OH is 1. The average Bonchev–Trinajstić information content (AvgIpc) is 2.91. The van der Waals surface area contributed by atoms with Crippen LogP contribution in [0, 0.1) is 11.8 Å². The Kier molecular flexibility index (Phi) is 9.91. The zero-order valence-electron chi connectivity index (χ0n) is 15.7. The molecular formula is C21H34O4. The van der Waals surface area contributed by atoms with E-state index in [1.807, 2.05) is 19.1 Å². The van der Waals surface area contributed by atoms with Crippen LogP contribution in [-0.4, -0.2) is 34.0 Å².